The van der Waals surface area contributed by atoms with Crippen molar-refractivity contribution in [2.24, 2.45) is 0 Å². The number of ether oxygens (including phenoxy) is 1. The first kappa shape index (κ1) is 19.3. The number of hydrogen-bond donors (Lipinski definition) is 2. The Labute approximate surface area is 144 Å². The summed E-state index contributed by atoms with van der Waals surface area (Å²) < 4.78 is 4.96. The van der Waals surface area contributed by atoms with Crippen LogP contribution in [-0.2, 0) is 19.1 Å². The molecule has 0 heterocycles. The van der Waals surface area contributed by atoms with Crippen molar-refractivity contribution in [3.05, 3.63) is 29.3 Å². The number of carbonyl (C=O) groups is 3. The van der Waals surface area contributed by atoms with Crippen LogP contribution >= 0.6 is 23.4 Å². The van der Waals surface area contributed by atoms with E-state index in [1.54, 1.807) is 31.2 Å². The van der Waals surface area contributed by atoms with Crippen LogP contribution in [0.1, 0.15) is 13.8 Å². The lowest BCUT2D eigenvalue weighted by molar-refractivity contribution is -0.152. The van der Waals surface area contributed by atoms with Gasteiger partial charge >= 0.3 is 5.97 Å². The van der Waals surface area contributed by atoms with E-state index in [0.29, 0.717) is 17.3 Å². The number of hydrogen-bond acceptors (Lipinski definition) is 5. The first-order valence-corrected chi connectivity index (χ1v) is 8.56. The molecule has 0 unspecified atom stereocenters. The summed E-state index contributed by atoms with van der Waals surface area (Å²) in [6.45, 7) is 3.75. The summed E-state index contributed by atoms with van der Waals surface area (Å²) in [5.41, 5.74) is 0.632. The average molecular weight is 359 g/mol. The average Bonchev–Trinajstić information content (AvgIpc) is 2.49. The van der Waals surface area contributed by atoms with Gasteiger partial charge in [-0.15, -0.1) is 11.8 Å². The Morgan fingerprint density at radius 2 is 1.87 bits per heavy atom. The molecule has 1 aromatic carbocycles. The predicted molar refractivity (Wildman–Crippen MR) is 91.6 cm³/mol. The molecule has 1 rings (SSSR count). The summed E-state index contributed by atoms with van der Waals surface area (Å²) >= 11 is 6.87. The number of esters is 1. The highest BCUT2D eigenvalue weighted by atomic mass is 35.5. The molecule has 1 atom stereocenters. The minimum atomic E-state index is -0.842. The van der Waals surface area contributed by atoms with Crippen molar-refractivity contribution in [2.75, 3.05) is 23.4 Å². The van der Waals surface area contributed by atoms with Gasteiger partial charge in [0, 0.05) is 17.3 Å². The zero-order valence-electron chi connectivity index (χ0n) is 12.9. The van der Waals surface area contributed by atoms with Gasteiger partial charge in [-0.05, 0) is 38.1 Å². The zero-order chi connectivity index (χ0) is 17.2. The van der Waals surface area contributed by atoms with Crippen molar-refractivity contribution >= 4 is 46.8 Å². The molecule has 0 aliphatic carbocycles. The molecule has 0 aromatic heterocycles. The number of rotatable bonds is 8. The minimum absolute atomic E-state index is 0.00220. The largest absolute Gasteiger partial charge is 0.452 e. The van der Waals surface area contributed by atoms with Crippen LogP contribution in [0, 0.1) is 0 Å². The Bertz CT molecular complexity index is 551. The van der Waals surface area contributed by atoms with Gasteiger partial charge in [0.05, 0.1) is 11.5 Å². The molecule has 6 nitrogen and oxygen atoms in total. The van der Waals surface area contributed by atoms with E-state index in [-0.39, 0.29) is 23.3 Å². The van der Waals surface area contributed by atoms with Gasteiger partial charge in [-0.1, -0.05) is 11.6 Å². The third-order valence-corrected chi connectivity index (χ3v) is 3.77. The van der Waals surface area contributed by atoms with E-state index in [0.717, 1.165) is 11.8 Å². The van der Waals surface area contributed by atoms with Crippen LogP contribution in [0.25, 0.3) is 0 Å². The molecule has 8 heteroatoms. The number of likely N-dealkylation sites (N-methyl/N-ethyl adjacent to an activating group) is 1. The lowest BCUT2D eigenvalue weighted by Crippen LogP contribution is -2.36. The van der Waals surface area contributed by atoms with Crippen LogP contribution in [-0.4, -0.2) is 41.9 Å². The maximum Gasteiger partial charge on any atom is 0.316 e. The number of amides is 2. The first-order valence-electron chi connectivity index (χ1n) is 7.02. The Hall–Kier alpha value is -1.73. The molecule has 0 radical (unpaired) electrons. The monoisotopic (exact) mass is 358 g/mol. The molecule has 2 N–H and O–H groups in total. The van der Waals surface area contributed by atoms with Gasteiger partial charge in [-0.2, -0.15) is 0 Å². The Kier molecular flexibility index (Phi) is 8.50. The second kappa shape index (κ2) is 10.1. The first-order chi connectivity index (χ1) is 10.9. The SMILES string of the molecule is CCNC(=O)[C@@H](C)OC(=O)CSCC(=O)Nc1ccc(Cl)cc1. The number of nitrogens with one attached hydrogen (secondary N) is 2. The molecule has 23 heavy (non-hydrogen) atoms. The molecule has 0 fully saturated rings. The van der Waals surface area contributed by atoms with Gasteiger partial charge in [0.1, 0.15) is 0 Å². The van der Waals surface area contributed by atoms with Crippen LogP contribution in [0.15, 0.2) is 24.3 Å². The fraction of sp³-hybridized carbons (Fsp3) is 0.400. The summed E-state index contributed by atoms with van der Waals surface area (Å²) in [5.74, 6) is -1.01. The highest BCUT2D eigenvalue weighted by molar-refractivity contribution is 8.00. The lowest BCUT2D eigenvalue weighted by atomic mass is 10.3. The van der Waals surface area contributed by atoms with E-state index in [2.05, 4.69) is 10.6 Å². The van der Waals surface area contributed by atoms with Crippen LogP contribution in [0.4, 0.5) is 5.69 Å². The van der Waals surface area contributed by atoms with Crippen LogP contribution in [0.5, 0.6) is 0 Å². The zero-order valence-corrected chi connectivity index (χ0v) is 14.5. The maximum atomic E-state index is 11.7. The van der Waals surface area contributed by atoms with Gasteiger partial charge in [0.2, 0.25) is 5.91 Å². The van der Waals surface area contributed by atoms with Crippen molar-refractivity contribution < 1.29 is 19.1 Å². The van der Waals surface area contributed by atoms with E-state index in [1.165, 1.54) is 6.92 Å². The number of halogens is 1. The molecule has 1 aromatic rings. The molecule has 0 aliphatic rings. The fourth-order valence-electron chi connectivity index (χ4n) is 1.56. The summed E-state index contributed by atoms with van der Waals surface area (Å²) in [6.07, 6.45) is -0.842. The second-order valence-corrected chi connectivity index (χ2v) is 6.00. The molecular weight excluding hydrogens is 340 g/mol. The van der Waals surface area contributed by atoms with Gasteiger partial charge in [-0.3, -0.25) is 14.4 Å². The summed E-state index contributed by atoms with van der Waals surface area (Å²) in [4.78, 5) is 34.7. The van der Waals surface area contributed by atoms with Gasteiger partial charge in [-0.25, -0.2) is 0 Å². The van der Waals surface area contributed by atoms with Gasteiger partial charge in [0.25, 0.3) is 5.91 Å². The van der Waals surface area contributed by atoms with Gasteiger partial charge < -0.3 is 15.4 Å². The minimum Gasteiger partial charge on any atom is -0.452 e. The molecule has 0 spiro atoms. The van der Waals surface area contributed by atoms with E-state index < -0.39 is 12.1 Å². The van der Waals surface area contributed by atoms with Crippen LogP contribution < -0.4 is 10.6 Å². The van der Waals surface area contributed by atoms with Crippen molar-refractivity contribution in [3.63, 3.8) is 0 Å². The molecule has 0 saturated carbocycles. The number of carbonyl (C=O) groups excluding carboxylic acids is 3. The normalized spacial score (nSPS) is 11.4. The summed E-state index contributed by atoms with van der Waals surface area (Å²) in [6, 6.07) is 6.72. The molecule has 0 saturated heterocycles. The molecule has 126 valence electrons. The third kappa shape index (κ3) is 7.90. The fourth-order valence-corrected chi connectivity index (χ4v) is 2.28. The smallest absolute Gasteiger partial charge is 0.316 e. The second-order valence-electron chi connectivity index (χ2n) is 4.57. The van der Waals surface area contributed by atoms with E-state index in [4.69, 9.17) is 16.3 Å². The lowest BCUT2D eigenvalue weighted by Gasteiger charge is -2.12. The third-order valence-electron chi connectivity index (χ3n) is 2.61. The van der Waals surface area contributed by atoms with Crippen molar-refractivity contribution in [3.8, 4) is 0 Å². The number of benzene rings is 1. The van der Waals surface area contributed by atoms with Crippen LogP contribution in [0.2, 0.25) is 5.02 Å². The Balaban J connectivity index is 2.25. The molecule has 2 amide bonds. The highest BCUT2D eigenvalue weighted by Gasteiger charge is 2.17. The maximum absolute atomic E-state index is 11.7. The number of anilines is 1. The summed E-state index contributed by atoms with van der Waals surface area (Å²) in [7, 11) is 0. The van der Waals surface area contributed by atoms with E-state index in [1.807, 2.05) is 0 Å². The van der Waals surface area contributed by atoms with Crippen molar-refractivity contribution in [2.45, 2.75) is 20.0 Å². The quantitative estimate of drug-likeness (QED) is 0.695. The number of thioether (sulfide) groups is 1. The van der Waals surface area contributed by atoms with E-state index >= 15 is 0 Å². The summed E-state index contributed by atoms with van der Waals surface area (Å²) in [5, 5.41) is 5.83. The van der Waals surface area contributed by atoms with Crippen LogP contribution in [0.3, 0.4) is 0 Å². The topological polar surface area (TPSA) is 84.5 Å². The molecule has 0 aliphatic heterocycles. The van der Waals surface area contributed by atoms with Crippen molar-refractivity contribution in [1.29, 1.82) is 0 Å². The highest BCUT2D eigenvalue weighted by Crippen LogP contribution is 2.14. The molecular formula is C15H19ClN2O4S. The Morgan fingerprint density at radius 3 is 2.48 bits per heavy atom. The van der Waals surface area contributed by atoms with E-state index in [9.17, 15) is 14.4 Å². The van der Waals surface area contributed by atoms with Crippen molar-refractivity contribution in [1.82, 2.24) is 5.32 Å². The predicted octanol–water partition coefficient (Wildman–Crippen LogP) is 2.08. The standard InChI is InChI=1S/C15H19ClN2O4S/c1-3-17-15(21)10(2)22-14(20)9-23-8-13(19)18-12-6-4-11(16)5-7-12/h4-7,10H,3,8-9H2,1-2H3,(H,17,21)(H,18,19)/t10-/m1/s1. The molecule has 0 bridgehead atoms. The van der Waals surface area contributed by atoms with Gasteiger partial charge in [0.15, 0.2) is 6.10 Å². The Morgan fingerprint density at radius 1 is 1.22 bits per heavy atom.